The number of piperidine rings is 1. The van der Waals surface area contributed by atoms with E-state index in [0.29, 0.717) is 12.3 Å². The second-order valence-electron chi connectivity index (χ2n) is 5.57. The Bertz CT molecular complexity index is 529. The van der Waals surface area contributed by atoms with Crippen molar-refractivity contribution in [3.63, 3.8) is 0 Å². The lowest BCUT2D eigenvalue weighted by molar-refractivity contribution is -0.905. The maximum Gasteiger partial charge on any atom is 0.393 e. The van der Waals surface area contributed by atoms with Gasteiger partial charge in [-0.15, -0.1) is 0 Å². The second-order valence-corrected chi connectivity index (χ2v) is 5.57. The summed E-state index contributed by atoms with van der Waals surface area (Å²) in [4.78, 5) is 13.6. The van der Waals surface area contributed by atoms with Crippen molar-refractivity contribution in [1.29, 1.82) is 0 Å². The number of hydrogen-bond acceptors (Lipinski definition) is 2. The predicted octanol–water partition coefficient (Wildman–Crippen LogP) is -6.14. The largest absolute Gasteiger partial charge is 1.00 e. The summed E-state index contributed by atoms with van der Waals surface area (Å²) in [6.07, 6.45) is 5.86. The Morgan fingerprint density at radius 1 is 1.14 bits per heavy atom. The van der Waals surface area contributed by atoms with Crippen molar-refractivity contribution in [2.24, 2.45) is 0 Å². The quantitative estimate of drug-likeness (QED) is 0.422. The highest BCUT2D eigenvalue weighted by Crippen LogP contribution is 2.18. The van der Waals surface area contributed by atoms with E-state index < -0.39 is 0 Å². The predicted molar refractivity (Wildman–Crippen MR) is 76.4 cm³/mol. The maximum atomic E-state index is 12.0. The minimum atomic E-state index is -0.197. The Labute approximate surface area is 143 Å². The highest BCUT2D eigenvalue weighted by atomic mass is 35.5. The summed E-state index contributed by atoms with van der Waals surface area (Å²) in [5.41, 5.74) is 2.86. The van der Waals surface area contributed by atoms with Gasteiger partial charge in [-0.3, -0.25) is 5.32 Å². The van der Waals surface area contributed by atoms with Gasteiger partial charge in [0.25, 0.3) is 0 Å². The molecule has 0 aliphatic carbocycles. The number of carbonyl (C=O) groups is 1. The van der Waals surface area contributed by atoms with Gasteiger partial charge >= 0.3 is 5.97 Å². The highest BCUT2D eigenvalue weighted by Gasteiger charge is 2.24. The van der Waals surface area contributed by atoms with Crippen LogP contribution in [0.25, 0.3) is 6.08 Å². The molecular formula is C16H22Cl2N2O2. The van der Waals surface area contributed by atoms with Crippen LogP contribution in [0.3, 0.4) is 0 Å². The van der Waals surface area contributed by atoms with Crippen LogP contribution in [0.4, 0.5) is 5.69 Å². The molecule has 2 aliphatic heterocycles. The summed E-state index contributed by atoms with van der Waals surface area (Å²) in [7, 11) is 0. The molecule has 0 amide bonds. The van der Waals surface area contributed by atoms with Gasteiger partial charge in [-0.05, 0) is 25.3 Å². The number of hydrogen-bond donors (Lipinski definition) is 2. The number of halogens is 2. The number of nitrogens with two attached hydrogens (primary N) is 1. The molecule has 0 atom stereocenters. The SMILES string of the molecule is O=C(OCC[NH+]1CCCCC1)C1=Cc2ccccc2[NH2+]1.[Cl-].[Cl-]. The van der Waals surface area contributed by atoms with Gasteiger partial charge in [0.05, 0.1) is 13.1 Å². The van der Waals surface area contributed by atoms with Gasteiger partial charge < -0.3 is 34.5 Å². The molecule has 1 aromatic carbocycles. The first-order valence-corrected chi connectivity index (χ1v) is 7.49. The zero-order valence-corrected chi connectivity index (χ0v) is 14.0. The standard InChI is InChI=1S/C16H20N2O2.2ClH/c19-16(20-11-10-18-8-4-1-5-9-18)15-12-13-6-2-3-7-14(13)17-15;;/h2-3,6-7,12,17H,1,4-5,8-11H2;2*1H. The molecule has 0 radical (unpaired) electrons. The summed E-state index contributed by atoms with van der Waals surface area (Å²) < 4.78 is 5.40. The molecule has 1 aromatic rings. The zero-order chi connectivity index (χ0) is 13.8. The lowest BCUT2D eigenvalue weighted by Crippen LogP contribution is -3.13. The third-order valence-corrected chi connectivity index (χ3v) is 4.10. The van der Waals surface area contributed by atoms with Crippen LogP contribution in [-0.4, -0.2) is 32.2 Å². The molecule has 0 aromatic heterocycles. The minimum Gasteiger partial charge on any atom is -1.00 e. The molecule has 1 saturated heterocycles. The van der Waals surface area contributed by atoms with Crippen molar-refractivity contribution in [1.82, 2.24) is 0 Å². The molecule has 2 heterocycles. The Morgan fingerprint density at radius 3 is 2.59 bits per heavy atom. The number of carbonyl (C=O) groups excluding carboxylic acids is 1. The molecule has 1 fully saturated rings. The van der Waals surface area contributed by atoms with Gasteiger partial charge in [0, 0.05) is 17.7 Å². The molecule has 0 spiro atoms. The van der Waals surface area contributed by atoms with Gasteiger partial charge in [0.2, 0.25) is 5.70 Å². The van der Waals surface area contributed by atoms with Crippen LogP contribution in [0.15, 0.2) is 30.0 Å². The first-order chi connectivity index (χ1) is 9.83. The Hall–Kier alpha value is -1.07. The smallest absolute Gasteiger partial charge is 0.393 e. The number of benzene rings is 1. The van der Waals surface area contributed by atoms with E-state index >= 15 is 0 Å². The Balaban J connectivity index is 0.00000121. The fourth-order valence-corrected chi connectivity index (χ4v) is 2.94. The average molecular weight is 345 g/mol. The molecule has 6 heteroatoms. The highest BCUT2D eigenvalue weighted by molar-refractivity contribution is 5.93. The first-order valence-electron chi connectivity index (χ1n) is 7.49. The average Bonchev–Trinajstić information content (AvgIpc) is 2.92. The van der Waals surface area contributed by atoms with Crippen LogP contribution < -0.4 is 35.0 Å². The molecule has 0 unspecified atom stereocenters. The van der Waals surface area contributed by atoms with E-state index in [2.05, 4.69) is 0 Å². The van der Waals surface area contributed by atoms with Crippen molar-refractivity contribution in [2.45, 2.75) is 19.3 Å². The number of ether oxygens (including phenoxy) is 1. The van der Waals surface area contributed by atoms with Gasteiger partial charge in [0.1, 0.15) is 18.8 Å². The van der Waals surface area contributed by atoms with Crippen LogP contribution in [0.2, 0.25) is 0 Å². The van der Waals surface area contributed by atoms with Crippen molar-refractivity contribution in [2.75, 3.05) is 26.2 Å². The summed E-state index contributed by atoms with van der Waals surface area (Å²) >= 11 is 0. The molecule has 0 bridgehead atoms. The number of fused-ring (bicyclic) bond motifs is 1. The fraction of sp³-hybridized carbons (Fsp3) is 0.438. The number of nitrogens with one attached hydrogen (secondary N) is 1. The Morgan fingerprint density at radius 2 is 1.86 bits per heavy atom. The number of para-hydroxylation sites is 1. The van der Waals surface area contributed by atoms with Crippen LogP contribution in [0, 0.1) is 0 Å². The molecule has 2 aliphatic rings. The summed E-state index contributed by atoms with van der Waals surface area (Å²) in [6.45, 7) is 3.90. The summed E-state index contributed by atoms with van der Waals surface area (Å²) in [5.74, 6) is -0.197. The summed E-state index contributed by atoms with van der Waals surface area (Å²) in [5, 5.41) is 1.91. The van der Waals surface area contributed by atoms with Crippen LogP contribution >= 0.6 is 0 Å². The van der Waals surface area contributed by atoms with Gasteiger partial charge in [-0.2, -0.15) is 0 Å². The third kappa shape index (κ3) is 4.71. The van der Waals surface area contributed by atoms with Crippen LogP contribution in [0.1, 0.15) is 24.8 Å². The lowest BCUT2D eigenvalue weighted by Gasteiger charge is -2.23. The fourth-order valence-electron chi connectivity index (χ4n) is 2.94. The summed E-state index contributed by atoms with van der Waals surface area (Å²) in [6, 6.07) is 8.00. The lowest BCUT2D eigenvalue weighted by atomic mass is 10.1. The van der Waals surface area contributed by atoms with Gasteiger partial charge in [0.15, 0.2) is 0 Å². The molecule has 122 valence electrons. The number of quaternary nitrogens is 2. The van der Waals surface area contributed by atoms with E-state index in [1.54, 1.807) is 4.90 Å². The van der Waals surface area contributed by atoms with Crippen molar-refractivity contribution < 1.29 is 44.6 Å². The van der Waals surface area contributed by atoms with Crippen molar-refractivity contribution in [3.8, 4) is 0 Å². The second kappa shape index (κ2) is 9.16. The van der Waals surface area contributed by atoms with E-state index in [0.717, 1.165) is 17.8 Å². The normalized spacial score (nSPS) is 16.8. The van der Waals surface area contributed by atoms with E-state index in [1.807, 2.05) is 35.7 Å². The van der Waals surface area contributed by atoms with Gasteiger partial charge in [-0.25, -0.2) is 4.79 Å². The van der Waals surface area contributed by atoms with E-state index in [-0.39, 0.29) is 30.8 Å². The monoisotopic (exact) mass is 344 g/mol. The van der Waals surface area contributed by atoms with E-state index in [9.17, 15) is 4.79 Å². The number of likely N-dealkylation sites (tertiary alicyclic amines) is 1. The van der Waals surface area contributed by atoms with Gasteiger partial charge in [-0.1, -0.05) is 12.1 Å². The maximum absolute atomic E-state index is 12.0. The van der Waals surface area contributed by atoms with Crippen LogP contribution in [-0.2, 0) is 9.53 Å². The van der Waals surface area contributed by atoms with Crippen molar-refractivity contribution >= 4 is 17.7 Å². The molecule has 0 saturated carbocycles. The van der Waals surface area contributed by atoms with E-state index in [1.165, 1.54) is 32.4 Å². The van der Waals surface area contributed by atoms with Crippen molar-refractivity contribution in [3.05, 3.63) is 35.5 Å². The molecular weight excluding hydrogens is 323 g/mol. The first kappa shape index (κ1) is 19.0. The number of rotatable bonds is 4. The molecule has 3 N–H and O–H groups in total. The zero-order valence-electron chi connectivity index (χ0n) is 12.5. The topological polar surface area (TPSA) is 47.4 Å². The Kier molecular flexibility index (Phi) is 7.90. The molecule has 3 rings (SSSR count). The molecule has 4 nitrogen and oxygen atoms in total. The molecule has 22 heavy (non-hydrogen) atoms. The van der Waals surface area contributed by atoms with Crippen LogP contribution in [0.5, 0.6) is 0 Å². The third-order valence-electron chi connectivity index (χ3n) is 4.10. The van der Waals surface area contributed by atoms with E-state index in [4.69, 9.17) is 4.74 Å². The number of esters is 1. The minimum absolute atomic E-state index is 0.